The SMILES string of the molecule is Cc1[nH]c2c(C)ccc(C)c2c1CC(=O)N1C[C@@H](O)[C@H](OC(C)C)C1. The van der Waals surface area contributed by atoms with E-state index in [1.165, 1.54) is 11.1 Å². The maximum atomic E-state index is 12.8. The minimum absolute atomic E-state index is 0.0381. The quantitative estimate of drug-likeness (QED) is 0.896. The number of rotatable bonds is 4. The minimum atomic E-state index is -0.612. The van der Waals surface area contributed by atoms with Crippen LogP contribution in [-0.4, -0.2) is 52.3 Å². The third kappa shape index (κ3) is 3.44. The van der Waals surface area contributed by atoms with Crippen LogP contribution < -0.4 is 0 Å². The minimum Gasteiger partial charge on any atom is -0.388 e. The number of nitrogens with zero attached hydrogens (tertiary/aromatic N) is 1. The maximum absolute atomic E-state index is 12.8. The summed E-state index contributed by atoms with van der Waals surface area (Å²) < 4.78 is 5.72. The Morgan fingerprint density at radius 2 is 1.96 bits per heavy atom. The standard InChI is InChI=1S/C20H28N2O3/c1-11(2)25-17-10-22(9-16(17)23)18(24)8-15-14(5)21-20-13(4)7-6-12(3)19(15)20/h6-7,11,16-17,21,23H,8-10H2,1-5H3/t16-,17-/m1/s1. The van der Waals surface area contributed by atoms with Gasteiger partial charge >= 0.3 is 0 Å². The molecule has 2 N–H and O–H groups in total. The molecule has 1 amide bonds. The summed E-state index contributed by atoms with van der Waals surface area (Å²) in [6.45, 7) is 10.9. The Labute approximate surface area is 149 Å². The Balaban J connectivity index is 1.82. The fourth-order valence-corrected chi connectivity index (χ4v) is 3.74. The van der Waals surface area contributed by atoms with Gasteiger partial charge < -0.3 is 19.7 Å². The lowest BCUT2D eigenvalue weighted by atomic mass is 10.0. The van der Waals surface area contributed by atoms with Crippen molar-refractivity contribution in [1.82, 2.24) is 9.88 Å². The van der Waals surface area contributed by atoms with Crippen molar-refractivity contribution in [2.45, 2.75) is 59.4 Å². The van der Waals surface area contributed by atoms with Crippen LogP contribution in [0.25, 0.3) is 10.9 Å². The molecule has 1 aliphatic heterocycles. The molecule has 1 aliphatic rings. The van der Waals surface area contributed by atoms with Gasteiger partial charge in [-0.2, -0.15) is 0 Å². The largest absolute Gasteiger partial charge is 0.388 e. The van der Waals surface area contributed by atoms with Crippen molar-refractivity contribution < 1.29 is 14.6 Å². The number of carbonyl (C=O) groups excluding carboxylic acids is 1. The Kier molecular flexibility index (Phi) is 4.89. The van der Waals surface area contributed by atoms with Crippen LogP contribution in [0.3, 0.4) is 0 Å². The molecule has 0 aliphatic carbocycles. The predicted molar refractivity (Wildman–Crippen MR) is 98.8 cm³/mol. The summed E-state index contributed by atoms with van der Waals surface area (Å²) in [5.74, 6) is 0.0406. The van der Waals surface area contributed by atoms with Crippen LogP contribution in [0.4, 0.5) is 0 Å². The fourth-order valence-electron chi connectivity index (χ4n) is 3.74. The number of aryl methyl sites for hydroxylation is 3. The summed E-state index contributed by atoms with van der Waals surface area (Å²) in [6, 6.07) is 4.20. The summed E-state index contributed by atoms with van der Waals surface area (Å²) in [7, 11) is 0. The van der Waals surface area contributed by atoms with Crippen LogP contribution in [-0.2, 0) is 16.0 Å². The number of aromatic amines is 1. The highest BCUT2D eigenvalue weighted by molar-refractivity contribution is 5.94. The second-order valence-electron chi connectivity index (χ2n) is 7.44. The lowest BCUT2D eigenvalue weighted by Gasteiger charge is -2.18. The molecular weight excluding hydrogens is 316 g/mol. The molecule has 25 heavy (non-hydrogen) atoms. The summed E-state index contributed by atoms with van der Waals surface area (Å²) in [5.41, 5.74) is 5.57. The number of hydrogen-bond acceptors (Lipinski definition) is 3. The number of H-pyrrole nitrogens is 1. The van der Waals surface area contributed by atoms with Gasteiger partial charge in [-0.3, -0.25) is 4.79 Å². The van der Waals surface area contributed by atoms with Gasteiger partial charge in [-0.25, -0.2) is 0 Å². The fraction of sp³-hybridized carbons (Fsp3) is 0.550. The maximum Gasteiger partial charge on any atom is 0.227 e. The Morgan fingerprint density at radius 3 is 2.64 bits per heavy atom. The molecule has 0 unspecified atom stereocenters. The highest BCUT2D eigenvalue weighted by Crippen LogP contribution is 2.29. The number of likely N-dealkylation sites (tertiary alicyclic amines) is 1. The number of nitrogens with one attached hydrogen (secondary N) is 1. The topological polar surface area (TPSA) is 65.6 Å². The molecular formula is C20H28N2O3. The number of benzene rings is 1. The van der Waals surface area contributed by atoms with Gasteiger partial charge in [0.2, 0.25) is 5.91 Å². The Bertz CT molecular complexity index is 794. The lowest BCUT2D eigenvalue weighted by molar-refractivity contribution is -0.130. The smallest absolute Gasteiger partial charge is 0.227 e. The van der Waals surface area contributed by atoms with Crippen LogP contribution >= 0.6 is 0 Å². The molecule has 5 heteroatoms. The number of fused-ring (bicyclic) bond motifs is 1. The zero-order valence-electron chi connectivity index (χ0n) is 15.7. The molecule has 0 saturated carbocycles. The highest BCUT2D eigenvalue weighted by Gasteiger charge is 2.35. The van der Waals surface area contributed by atoms with Crippen molar-refractivity contribution in [2.24, 2.45) is 0 Å². The molecule has 0 radical (unpaired) electrons. The monoisotopic (exact) mass is 344 g/mol. The predicted octanol–water partition coefficient (Wildman–Crippen LogP) is 2.63. The number of hydrogen-bond donors (Lipinski definition) is 2. The van der Waals surface area contributed by atoms with Crippen molar-refractivity contribution in [2.75, 3.05) is 13.1 Å². The molecule has 0 spiro atoms. The number of ether oxygens (including phenoxy) is 1. The van der Waals surface area contributed by atoms with E-state index in [4.69, 9.17) is 4.74 Å². The first-order chi connectivity index (χ1) is 11.8. The summed E-state index contributed by atoms with van der Waals surface area (Å²) in [6.07, 6.45) is -0.523. The van der Waals surface area contributed by atoms with Gasteiger partial charge in [-0.1, -0.05) is 12.1 Å². The Hall–Kier alpha value is -1.85. The van der Waals surface area contributed by atoms with Crippen LogP contribution in [0.5, 0.6) is 0 Å². The molecule has 2 atom stereocenters. The number of carbonyl (C=O) groups is 1. The van der Waals surface area contributed by atoms with Crippen molar-refractivity contribution >= 4 is 16.8 Å². The van der Waals surface area contributed by atoms with Crippen molar-refractivity contribution in [3.63, 3.8) is 0 Å². The van der Waals surface area contributed by atoms with E-state index in [1.807, 2.05) is 20.8 Å². The average molecular weight is 344 g/mol. The second kappa shape index (κ2) is 6.81. The van der Waals surface area contributed by atoms with E-state index in [0.29, 0.717) is 19.5 Å². The highest BCUT2D eigenvalue weighted by atomic mass is 16.5. The average Bonchev–Trinajstić information content (AvgIpc) is 3.05. The molecule has 1 saturated heterocycles. The van der Waals surface area contributed by atoms with Gasteiger partial charge in [-0.15, -0.1) is 0 Å². The Morgan fingerprint density at radius 1 is 1.28 bits per heavy atom. The zero-order chi connectivity index (χ0) is 18.3. The number of aliphatic hydroxyl groups excluding tert-OH is 1. The van der Waals surface area contributed by atoms with Crippen LogP contribution in [0, 0.1) is 20.8 Å². The normalized spacial score (nSPS) is 20.8. The van der Waals surface area contributed by atoms with E-state index in [1.54, 1.807) is 4.90 Å². The molecule has 1 aromatic heterocycles. The summed E-state index contributed by atoms with van der Waals surface area (Å²) in [5, 5.41) is 11.3. The van der Waals surface area contributed by atoms with E-state index in [9.17, 15) is 9.90 Å². The van der Waals surface area contributed by atoms with Crippen LogP contribution in [0.15, 0.2) is 12.1 Å². The summed E-state index contributed by atoms with van der Waals surface area (Å²) >= 11 is 0. The van der Waals surface area contributed by atoms with E-state index < -0.39 is 6.10 Å². The van der Waals surface area contributed by atoms with Gasteiger partial charge in [0.05, 0.1) is 18.6 Å². The number of aliphatic hydroxyl groups is 1. The van der Waals surface area contributed by atoms with Gasteiger partial charge in [0.25, 0.3) is 0 Å². The van der Waals surface area contributed by atoms with E-state index >= 15 is 0 Å². The zero-order valence-corrected chi connectivity index (χ0v) is 15.7. The number of aromatic nitrogens is 1. The third-order valence-corrected chi connectivity index (χ3v) is 5.05. The number of amides is 1. The lowest BCUT2D eigenvalue weighted by Crippen LogP contribution is -2.32. The second-order valence-corrected chi connectivity index (χ2v) is 7.44. The van der Waals surface area contributed by atoms with Crippen molar-refractivity contribution in [3.05, 3.63) is 34.5 Å². The van der Waals surface area contributed by atoms with Gasteiger partial charge in [0, 0.05) is 29.7 Å². The molecule has 1 aromatic carbocycles. The van der Waals surface area contributed by atoms with E-state index in [-0.39, 0.29) is 18.1 Å². The first kappa shape index (κ1) is 18.0. The number of β-amino-alcohol motifs (C(OH)–C–C–N with tert-alkyl or cyclic N) is 1. The van der Waals surface area contributed by atoms with Crippen molar-refractivity contribution in [3.8, 4) is 0 Å². The first-order valence-electron chi connectivity index (χ1n) is 8.96. The molecule has 3 rings (SSSR count). The van der Waals surface area contributed by atoms with Gasteiger partial charge in [-0.05, 0) is 51.3 Å². The molecule has 136 valence electrons. The summed E-state index contributed by atoms with van der Waals surface area (Å²) in [4.78, 5) is 18.0. The van der Waals surface area contributed by atoms with Gasteiger partial charge in [0.15, 0.2) is 0 Å². The van der Waals surface area contributed by atoms with E-state index in [0.717, 1.165) is 22.2 Å². The first-order valence-corrected chi connectivity index (χ1v) is 8.96. The van der Waals surface area contributed by atoms with Crippen LogP contribution in [0.2, 0.25) is 0 Å². The van der Waals surface area contributed by atoms with Crippen molar-refractivity contribution in [1.29, 1.82) is 0 Å². The molecule has 2 heterocycles. The third-order valence-electron chi connectivity index (χ3n) is 5.05. The van der Waals surface area contributed by atoms with Crippen LogP contribution in [0.1, 0.15) is 36.2 Å². The van der Waals surface area contributed by atoms with Gasteiger partial charge in [0.1, 0.15) is 6.10 Å². The molecule has 2 aromatic rings. The molecule has 0 bridgehead atoms. The molecule has 1 fully saturated rings. The molecule has 5 nitrogen and oxygen atoms in total. The van der Waals surface area contributed by atoms with E-state index in [2.05, 4.69) is 31.0 Å².